The van der Waals surface area contributed by atoms with Gasteiger partial charge in [0.2, 0.25) is 5.91 Å². The van der Waals surface area contributed by atoms with E-state index < -0.39 is 44.3 Å². The number of carbonyl (C=O) groups is 2. The van der Waals surface area contributed by atoms with E-state index in [4.69, 9.17) is 16.3 Å². The predicted octanol–water partition coefficient (Wildman–Crippen LogP) is 2.81. The van der Waals surface area contributed by atoms with E-state index in [9.17, 15) is 23.3 Å². The van der Waals surface area contributed by atoms with Crippen molar-refractivity contribution in [1.29, 1.82) is 5.26 Å². The number of amides is 2. The van der Waals surface area contributed by atoms with Crippen LogP contribution in [0.5, 0.6) is 0 Å². The molecule has 1 aliphatic carbocycles. The van der Waals surface area contributed by atoms with Crippen LogP contribution in [-0.4, -0.2) is 91.9 Å². The number of likely N-dealkylation sites (N-methyl/N-ethyl adjacent to an activating group) is 1. The second kappa shape index (κ2) is 10.5. The lowest BCUT2D eigenvalue weighted by Crippen LogP contribution is -2.50. The van der Waals surface area contributed by atoms with Crippen LogP contribution >= 0.6 is 11.6 Å². The lowest BCUT2D eigenvalue weighted by Gasteiger charge is -2.35. The third-order valence-corrected chi connectivity index (χ3v) is 9.98. The molecule has 3 aliphatic rings. The van der Waals surface area contributed by atoms with Crippen LogP contribution in [0.1, 0.15) is 47.0 Å². The predicted molar refractivity (Wildman–Crippen MR) is 144 cm³/mol. The van der Waals surface area contributed by atoms with Gasteiger partial charge in [-0.1, -0.05) is 18.5 Å². The van der Waals surface area contributed by atoms with Gasteiger partial charge in [0.1, 0.15) is 17.2 Å². The molecule has 1 aromatic carbocycles. The third kappa shape index (κ3) is 6.03. The van der Waals surface area contributed by atoms with Gasteiger partial charge in [-0.05, 0) is 64.8 Å². The largest absolute Gasteiger partial charge is 0.444 e. The molecule has 2 amide bonds. The second-order valence-electron chi connectivity index (χ2n) is 11.3. The topological polar surface area (TPSA) is 123 Å². The van der Waals surface area contributed by atoms with Gasteiger partial charge in [0, 0.05) is 38.4 Å². The number of hydrogen-bond donors (Lipinski definition) is 1. The van der Waals surface area contributed by atoms with Crippen LogP contribution in [0, 0.1) is 11.3 Å². The monoisotopic (exact) mass is 565 g/mol. The zero-order valence-corrected chi connectivity index (χ0v) is 23.9. The fourth-order valence-corrected chi connectivity index (χ4v) is 7.16. The zero-order chi connectivity index (χ0) is 27.9. The third-order valence-electron chi connectivity index (χ3n) is 7.37. The first-order chi connectivity index (χ1) is 17.8. The smallest absolute Gasteiger partial charge is 0.411 e. The first-order valence-corrected chi connectivity index (χ1v) is 14.9. The molecule has 2 aliphatic heterocycles. The lowest BCUT2D eigenvalue weighted by atomic mass is 10.2. The van der Waals surface area contributed by atoms with E-state index in [1.165, 1.54) is 6.07 Å². The number of carbonyl (C=O) groups excluding carboxylic acids is 2. The number of nitrogens with one attached hydrogen (secondary N) is 1. The number of rotatable bonds is 6. The van der Waals surface area contributed by atoms with Crippen molar-refractivity contribution in [2.45, 2.75) is 74.3 Å². The summed E-state index contributed by atoms with van der Waals surface area (Å²) in [5.41, 5.74) is -0.925. The summed E-state index contributed by atoms with van der Waals surface area (Å²) in [4.78, 5) is 31.8. The van der Waals surface area contributed by atoms with Crippen molar-refractivity contribution < 1.29 is 22.7 Å². The van der Waals surface area contributed by atoms with Gasteiger partial charge >= 0.3 is 6.09 Å². The van der Waals surface area contributed by atoms with Gasteiger partial charge in [-0.2, -0.15) is 5.26 Å². The Morgan fingerprint density at radius 2 is 1.87 bits per heavy atom. The van der Waals surface area contributed by atoms with Gasteiger partial charge in [0.15, 0.2) is 9.84 Å². The minimum Gasteiger partial charge on any atom is -0.444 e. The molecule has 208 valence electrons. The molecule has 4 rings (SSSR count). The number of hydrogen-bond acceptors (Lipinski definition) is 8. The summed E-state index contributed by atoms with van der Waals surface area (Å²) in [6, 6.07) is 5.96. The summed E-state index contributed by atoms with van der Waals surface area (Å²) in [5, 5.41) is 11.1. The SMILES string of the molecule is CCN1CCN(c2ccc(S(=O)(=O)[C@@H]3C[C@@H](C(=O)NC4(C#N)CC4)N(C(=O)OC(C)(C)C)C3)c(Cl)c2)CC1. The summed E-state index contributed by atoms with van der Waals surface area (Å²) in [6.07, 6.45) is 0.146. The number of anilines is 1. The molecule has 2 atom stereocenters. The molecule has 1 N–H and O–H groups in total. The molecular formula is C26H36ClN5O5S. The molecule has 12 heteroatoms. The summed E-state index contributed by atoms with van der Waals surface area (Å²) in [5.74, 6) is -0.555. The summed E-state index contributed by atoms with van der Waals surface area (Å²) >= 11 is 6.53. The van der Waals surface area contributed by atoms with Gasteiger partial charge in [0.25, 0.3) is 0 Å². The normalized spacial score (nSPS) is 23.6. The highest BCUT2D eigenvalue weighted by Crippen LogP contribution is 2.37. The summed E-state index contributed by atoms with van der Waals surface area (Å²) < 4.78 is 32.9. The average molecular weight is 566 g/mol. The molecule has 2 heterocycles. The number of nitriles is 1. The molecule has 10 nitrogen and oxygen atoms in total. The maximum absolute atomic E-state index is 13.7. The lowest BCUT2D eigenvalue weighted by molar-refractivity contribution is -0.126. The van der Waals surface area contributed by atoms with E-state index in [1.807, 2.05) is 0 Å². The fraction of sp³-hybridized carbons (Fsp3) is 0.654. The Morgan fingerprint density at radius 3 is 2.39 bits per heavy atom. The average Bonchev–Trinajstić information content (AvgIpc) is 3.47. The Kier molecular flexibility index (Phi) is 7.90. The van der Waals surface area contributed by atoms with Crippen LogP contribution in [-0.2, 0) is 19.4 Å². The van der Waals surface area contributed by atoms with Crippen molar-refractivity contribution in [3.8, 4) is 6.07 Å². The molecule has 0 aromatic heterocycles. The van der Waals surface area contributed by atoms with Crippen LogP contribution in [0.15, 0.2) is 23.1 Å². The van der Waals surface area contributed by atoms with Crippen molar-refractivity contribution in [2.24, 2.45) is 0 Å². The van der Waals surface area contributed by atoms with E-state index in [0.29, 0.717) is 12.8 Å². The highest BCUT2D eigenvalue weighted by atomic mass is 35.5. The molecule has 3 fully saturated rings. The van der Waals surface area contributed by atoms with E-state index in [-0.39, 0.29) is 22.9 Å². The van der Waals surface area contributed by atoms with E-state index >= 15 is 0 Å². The number of nitrogens with zero attached hydrogens (tertiary/aromatic N) is 4. The molecule has 38 heavy (non-hydrogen) atoms. The maximum atomic E-state index is 13.7. The molecule has 0 spiro atoms. The standard InChI is InChI=1S/C26H36ClN5O5S/c1-5-30-10-12-31(13-11-30)18-6-7-22(20(27)14-18)38(35,36)19-15-21(23(33)29-26(17-28)8-9-26)32(16-19)24(34)37-25(2,3)4/h6-7,14,19,21H,5,8-13,15-16H2,1-4H3,(H,29,33)/t19-,21+/m1/s1. The molecule has 0 unspecified atom stereocenters. The second-order valence-corrected chi connectivity index (χ2v) is 13.9. The molecule has 2 saturated heterocycles. The molecule has 1 aromatic rings. The van der Waals surface area contributed by atoms with E-state index in [0.717, 1.165) is 43.3 Å². The fourth-order valence-electron chi connectivity index (χ4n) is 4.92. The first-order valence-electron chi connectivity index (χ1n) is 13.0. The minimum atomic E-state index is -3.99. The Morgan fingerprint density at radius 1 is 1.21 bits per heavy atom. The quantitative estimate of drug-likeness (QED) is 0.558. The summed E-state index contributed by atoms with van der Waals surface area (Å²) in [6.45, 7) is 11.5. The van der Waals surface area contributed by atoms with Gasteiger partial charge in [-0.25, -0.2) is 13.2 Å². The van der Waals surface area contributed by atoms with E-state index in [1.54, 1.807) is 32.9 Å². The maximum Gasteiger partial charge on any atom is 0.411 e. The Balaban J connectivity index is 1.55. The zero-order valence-electron chi connectivity index (χ0n) is 22.4. The van der Waals surface area contributed by atoms with Crippen LogP contribution < -0.4 is 10.2 Å². The first kappa shape index (κ1) is 28.5. The summed E-state index contributed by atoms with van der Waals surface area (Å²) in [7, 11) is -3.99. The van der Waals surface area contributed by atoms with Crippen molar-refractivity contribution in [3.63, 3.8) is 0 Å². The van der Waals surface area contributed by atoms with E-state index in [2.05, 4.69) is 28.1 Å². The van der Waals surface area contributed by atoms with Gasteiger partial charge < -0.3 is 19.9 Å². The molecule has 0 radical (unpaired) electrons. The highest BCUT2D eigenvalue weighted by molar-refractivity contribution is 7.92. The Hall–Kier alpha value is -2.55. The van der Waals surface area contributed by atoms with Gasteiger partial charge in [-0.3, -0.25) is 9.69 Å². The van der Waals surface area contributed by atoms with Crippen molar-refractivity contribution in [2.75, 3.05) is 44.2 Å². The van der Waals surface area contributed by atoms with Crippen molar-refractivity contribution in [3.05, 3.63) is 23.2 Å². The van der Waals surface area contributed by atoms with Gasteiger partial charge in [0.05, 0.1) is 21.2 Å². The number of ether oxygens (including phenoxy) is 1. The Bertz CT molecular complexity index is 1230. The van der Waals surface area contributed by atoms with Crippen LogP contribution in [0.2, 0.25) is 5.02 Å². The Labute approximate surface area is 229 Å². The molecule has 1 saturated carbocycles. The van der Waals surface area contributed by atoms with Crippen LogP contribution in [0.3, 0.4) is 0 Å². The van der Waals surface area contributed by atoms with Gasteiger partial charge in [-0.15, -0.1) is 0 Å². The van der Waals surface area contributed by atoms with Crippen LogP contribution in [0.25, 0.3) is 0 Å². The number of piperazine rings is 1. The minimum absolute atomic E-state index is 0.0269. The van der Waals surface area contributed by atoms with Crippen LogP contribution in [0.4, 0.5) is 10.5 Å². The number of halogens is 1. The number of benzene rings is 1. The number of sulfone groups is 1. The van der Waals surface area contributed by atoms with Crippen molar-refractivity contribution in [1.82, 2.24) is 15.1 Å². The highest BCUT2D eigenvalue weighted by Gasteiger charge is 2.51. The molecule has 0 bridgehead atoms. The number of likely N-dealkylation sites (tertiary alicyclic amines) is 1. The molecular weight excluding hydrogens is 530 g/mol. The van der Waals surface area contributed by atoms with Crippen molar-refractivity contribution >= 4 is 39.1 Å².